The number of unbranched alkanes of at least 4 members (excludes halogenated alkanes) is 10. The maximum Gasteiger partial charge on any atom is 0.0215 e. The van der Waals surface area contributed by atoms with Crippen LogP contribution in [0.4, 0.5) is 0 Å². The second-order valence-electron chi connectivity index (χ2n) is 10.8. The molecule has 2 aromatic carbocycles. The molecule has 5 rings (SSSR count). The molecule has 0 nitrogen and oxygen atoms in total. The van der Waals surface area contributed by atoms with Crippen molar-refractivity contribution >= 4 is 22.7 Å². The average molecular weight is 559 g/mol. The van der Waals surface area contributed by atoms with Crippen LogP contribution in [0.3, 0.4) is 0 Å². The van der Waals surface area contributed by atoms with Crippen LogP contribution in [-0.4, -0.2) is 0 Å². The average Bonchev–Trinajstić information content (AvgIpc) is 3.78. The van der Waals surface area contributed by atoms with Gasteiger partial charge in [0.05, 0.1) is 0 Å². The van der Waals surface area contributed by atoms with Gasteiger partial charge in [-0.1, -0.05) is 164 Å². The molecule has 0 fully saturated rings. The molecule has 0 atom stereocenters. The van der Waals surface area contributed by atoms with E-state index in [-0.39, 0.29) is 5.41 Å². The number of thiophene rings is 2. The van der Waals surface area contributed by atoms with Crippen LogP contribution in [0, 0.1) is 0 Å². The molecule has 1 aliphatic carbocycles. The predicted molar refractivity (Wildman–Crippen MR) is 177 cm³/mol. The van der Waals surface area contributed by atoms with Crippen LogP contribution in [0.1, 0.15) is 115 Å². The Morgan fingerprint density at radius 3 is 1.15 bits per heavy atom. The molecule has 0 radical (unpaired) electrons. The number of hydrogen-bond donors (Lipinski definition) is 0. The largest absolute Gasteiger partial charge is 0.152 e. The Hall–Kier alpha value is -2.16. The molecule has 39 heavy (non-hydrogen) atoms. The van der Waals surface area contributed by atoms with Crippen LogP contribution in [-0.2, 0) is 5.41 Å². The van der Waals surface area contributed by atoms with Crippen molar-refractivity contribution in [1.82, 2.24) is 0 Å². The van der Waals surface area contributed by atoms with E-state index in [1.807, 2.05) is 45.8 Å². The van der Waals surface area contributed by atoms with Crippen molar-refractivity contribution < 1.29 is 0 Å². The van der Waals surface area contributed by atoms with Crippen molar-refractivity contribution in [2.45, 2.75) is 109 Å². The van der Waals surface area contributed by atoms with Crippen LogP contribution < -0.4 is 0 Å². The zero-order valence-electron chi connectivity index (χ0n) is 24.5. The molecular formula is C37H50S2. The standard InChI is InChI=1S/C29H42.2C4H4S/c1-3-5-7-9-11-17-23-29(24-18-12-10-8-6-4-2)27-21-15-13-19-25(27)26-20-14-16-22-28(26)29;2*1-2-4-5-3-1/h13-16,19-22H,3-12,17-18,23-24H2,1-2H3;2*1-4H. The van der Waals surface area contributed by atoms with Crippen LogP contribution in [0.2, 0.25) is 0 Å². The minimum atomic E-state index is 0.253. The monoisotopic (exact) mass is 558 g/mol. The van der Waals surface area contributed by atoms with E-state index in [1.54, 1.807) is 33.8 Å². The van der Waals surface area contributed by atoms with Gasteiger partial charge in [0.15, 0.2) is 0 Å². The van der Waals surface area contributed by atoms with Crippen molar-refractivity contribution in [3.63, 3.8) is 0 Å². The van der Waals surface area contributed by atoms with Gasteiger partial charge in [0.25, 0.3) is 0 Å². The fraction of sp³-hybridized carbons (Fsp3) is 0.459. The van der Waals surface area contributed by atoms with Crippen LogP contribution in [0.25, 0.3) is 11.1 Å². The Bertz CT molecular complexity index is 970. The Morgan fingerprint density at radius 1 is 0.436 bits per heavy atom. The van der Waals surface area contributed by atoms with Gasteiger partial charge < -0.3 is 0 Å². The molecule has 4 aromatic rings. The maximum absolute atomic E-state index is 2.43. The first-order valence-corrected chi connectivity index (χ1v) is 17.4. The number of hydrogen-bond acceptors (Lipinski definition) is 2. The molecule has 0 saturated heterocycles. The summed E-state index contributed by atoms with van der Waals surface area (Å²) in [7, 11) is 0. The lowest BCUT2D eigenvalue weighted by Gasteiger charge is -2.33. The summed E-state index contributed by atoms with van der Waals surface area (Å²) in [5, 5.41) is 8.17. The van der Waals surface area contributed by atoms with Gasteiger partial charge in [-0.25, -0.2) is 0 Å². The van der Waals surface area contributed by atoms with Crippen LogP contribution in [0.15, 0.2) is 94.3 Å². The fourth-order valence-electron chi connectivity index (χ4n) is 5.95. The lowest BCUT2D eigenvalue weighted by molar-refractivity contribution is 0.398. The molecule has 1 aliphatic rings. The van der Waals surface area contributed by atoms with E-state index in [1.165, 1.54) is 101 Å². The minimum absolute atomic E-state index is 0.253. The van der Waals surface area contributed by atoms with Gasteiger partial charge in [-0.3, -0.25) is 0 Å². The zero-order valence-corrected chi connectivity index (χ0v) is 26.1. The Kier molecular flexibility index (Phi) is 15.3. The van der Waals surface area contributed by atoms with Crippen LogP contribution >= 0.6 is 22.7 Å². The maximum atomic E-state index is 2.43. The first kappa shape index (κ1) is 31.4. The smallest absolute Gasteiger partial charge is 0.0215 e. The molecular weight excluding hydrogens is 509 g/mol. The summed E-state index contributed by atoms with van der Waals surface area (Å²) in [4.78, 5) is 0. The first-order valence-electron chi connectivity index (χ1n) is 15.5. The van der Waals surface area contributed by atoms with E-state index >= 15 is 0 Å². The second-order valence-corrected chi connectivity index (χ2v) is 12.4. The molecule has 0 aliphatic heterocycles. The molecule has 0 unspecified atom stereocenters. The molecule has 210 valence electrons. The van der Waals surface area contributed by atoms with E-state index in [9.17, 15) is 0 Å². The lowest BCUT2D eigenvalue weighted by Crippen LogP contribution is -2.25. The topological polar surface area (TPSA) is 0 Å². The third kappa shape index (κ3) is 10.1. The summed E-state index contributed by atoms with van der Waals surface area (Å²) in [6.07, 6.45) is 19.3. The SMILES string of the molecule is CCCCCCCCC1(CCCCCCCC)c2ccccc2-c2ccccc21.c1ccsc1.c1ccsc1. The Balaban J connectivity index is 0.000000348. The van der Waals surface area contributed by atoms with E-state index in [2.05, 4.69) is 62.4 Å². The van der Waals surface area contributed by atoms with E-state index < -0.39 is 0 Å². The molecule has 2 aromatic heterocycles. The third-order valence-corrected chi connectivity index (χ3v) is 9.20. The van der Waals surface area contributed by atoms with E-state index in [0.29, 0.717) is 0 Å². The molecule has 2 heteroatoms. The second kappa shape index (κ2) is 19.0. The number of fused-ring (bicyclic) bond motifs is 3. The highest BCUT2D eigenvalue weighted by Gasteiger charge is 2.41. The summed E-state index contributed by atoms with van der Waals surface area (Å²) in [6, 6.07) is 26.6. The van der Waals surface area contributed by atoms with Gasteiger partial charge in [0, 0.05) is 5.41 Å². The number of benzene rings is 2. The summed E-state index contributed by atoms with van der Waals surface area (Å²) < 4.78 is 0. The molecule has 0 N–H and O–H groups in total. The first-order chi connectivity index (χ1) is 19.3. The number of rotatable bonds is 14. The quantitative estimate of drug-likeness (QED) is 0.135. The van der Waals surface area contributed by atoms with Crippen molar-refractivity contribution in [1.29, 1.82) is 0 Å². The summed E-state index contributed by atoms with van der Waals surface area (Å²) in [5.41, 5.74) is 6.48. The lowest BCUT2D eigenvalue weighted by atomic mass is 9.70. The van der Waals surface area contributed by atoms with Crippen molar-refractivity contribution in [2.24, 2.45) is 0 Å². The normalized spacial score (nSPS) is 12.5. The predicted octanol–water partition coefficient (Wildman–Crippen LogP) is 13.0. The molecule has 0 amide bonds. The Labute approximate surface area is 247 Å². The Morgan fingerprint density at radius 2 is 0.795 bits per heavy atom. The van der Waals surface area contributed by atoms with Gasteiger partial charge in [-0.05, 0) is 56.6 Å². The van der Waals surface area contributed by atoms with Gasteiger partial charge >= 0.3 is 0 Å². The van der Waals surface area contributed by atoms with E-state index in [4.69, 9.17) is 0 Å². The summed E-state index contributed by atoms with van der Waals surface area (Å²) >= 11 is 3.43. The minimum Gasteiger partial charge on any atom is -0.152 e. The van der Waals surface area contributed by atoms with Crippen molar-refractivity contribution in [3.05, 3.63) is 105 Å². The van der Waals surface area contributed by atoms with Gasteiger partial charge in [-0.2, -0.15) is 22.7 Å². The van der Waals surface area contributed by atoms with Gasteiger partial charge in [0.2, 0.25) is 0 Å². The molecule has 2 heterocycles. The van der Waals surface area contributed by atoms with Crippen LogP contribution in [0.5, 0.6) is 0 Å². The molecule has 0 bridgehead atoms. The fourth-order valence-corrected chi connectivity index (χ4v) is 6.85. The third-order valence-electron chi connectivity index (χ3n) is 7.94. The highest BCUT2D eigenvalue weighted by atomic mass is 32.1. The highest BCUT2D eigenvalue weighted by Crippen LogP contribution is 2.54. The molecule has 0 spiro atoms. The van der Waals surface area contributed by atoms with Crippen molar-refractivity contribution in [3.8, 4) is 11.1 Å². The molecule has 0 saturated carbocycles. The van der Waals surface area contributed by atoms with Gasteiger partial charge in [-0.15, -0.1) is 0 Å². The highest BCUT2D eigenvalue weighted by molar-refractivity contribution is 7.08. The summed E-state index contributed by atoms with van der Waals surface area (Å²) in [5.74, 6) is 0. The van der Waals surface area contributed by atoms with Crippen molar-refractivity contribution in [2.75, 3.05) is 0 Å². The van der Waals surface area contributed by atoms with Gasteiger partial charge in [0.1, 0.15) is 0 Å². The summed E-state index contributed by atoms with van der Waals surface area (Å²) in [6.45, 7) is 4.61. The van der Waals surface area contributed by atoms with E-state index in [0.717, 1.165) is 0 Å². The zero-order chi connectivity index (χ0) is 27.4.